The summed E-state index contributed by atoms with van der Waals surface area (Å²) < 4.78 is 55.9. The van der Waals surface area contributed by atoms with Crippen LogP contribution in [0.25, 0.3) is 16.6 Å². The monoisotopic (exact) mass is 384 g/mol. The van der Waals surface area contributed by atoms with Crippen molar-refractivity contribution in [1.82, 2.24) is 9.78 Å². The quantitative estimate of drug-likeness (QED) is 0.392. The lowest BCUT2D eigenvalue weighted by Crippen LogP contribution is -2.23. The fourth-order valence-electron chi connectivity index (χ4n) is 3.33. The number of alkyl halides is 3. The van der Waals surface area contributed by atoms with Crippen molar-refractivity contribution in [2.75, 3.05) is 0 Å². The molecule has 0 aliphatic rings. The molecule has 0 spiro atoms. The molecule has 0 fully saturated rings. The maximum absolute atomic E-state index is 13.7. The van der Waals surface area contributed by atoms with Gasteiger partial charge in [0.25, 0.3) is 0 Å². The minimum Gasteiger partial charge on any atom is -0.233 e. The lowest BCUT2D eigenvalue weighted by Gasteiger charge is -2.21. The molecule has 0 saturated carbocycles. The van der Waals surface area contributed by atoms with Crippen molar-refractivity contribution >= 4 is 10.9 Å². The second-order valence-corrected chi connectivity index (χ2v) is 6.63. The van der Waals surface area contributed by atoms with E-state index < -0.39 is 12.1 Å². The van der Waals surface area contributed by atoms with Crippen molar-refractivity contribution in [1.29, 1.82) is 0 Å². The highest BCUT2D eigenvalue weighted by Crippen LogP contribution is 2.38. The molecule has 0 amide bonds. The summed E-state index contributed by atoms with van der Waals surface area (Å²) in [6, 6.07) is 19.1. The largest absolute Gasteiger partial charge is 0.396 e. The second kappa shape index (κ2) is 7.11. The zero-order valence-electron chi connectivity index (χ0n) is 14.7. The topological polar surface area (TPSA) is 17.8 Å². The summed E-state index contributed by atoms with van der Waals surface area (Å²) in [4.78, 5) is 0. The van der Waals surface area contributed by atoms with E-state index in [9.17, 15) is 17.6 Å². The van der Waals surface area contributed by atoms with Crippen molar-refractivity contribution in [3.05, 3.63) is 95.9 Å². The molecule has 0 bridgehead atoms. The van der Waals surface area contributed by atoms with Gasteiger partial charge in [-0.3, -0.25) is 0 Å². The average Bonchev–Trinajstić information content (AvgIpc) is 3.10. The van der Waals surface area contributed by atoms with Gasteiger partial charge in [0.15, 0.2) is 0 Å². The first-order chi connectivity index (χ1) is 13.4. The maximum Gasteiger partial charge on any atom is 0.396 e. The van der Waals surface area contributed by atoms with E-state index in [4.69, 9.17) is 0 Å². The van der Waals surface area contributed by atoms with Gasteiger partial charge in [0.2, 0.25) is 0 Å². The predicted molar refractivity (Wildman–Crippen MR) is 100.0 cm³/mol. The van der Waals surface area contributed by atoms with Crippen LogP contribution < -0.4 is 0 Å². The maximum atomic E-state index is 13.7. The van der Waals surface area contributed by atoms with Crippen LogP contribution in [0.15, 0.2) is 79.0 Å². The molecule has 0 radical (unpaired) electrons. The number of rotatable bonds is 4. The van der Waals surface area contributed by atoms with Crippen molar-refractivity contribution in [2.24, 2.45) is 0 Å². The molecule has 0 aliphatic heterocycles. The Balaban J connectivity index is 1.72. The van der Waals surface area contributed by atoms with Gasteiger partial charge in [0.1, 0.15) is 5.82 Å². The summed E-state index contributed by atoms with van der Waals surface area (Å²) in [6.07, 6.45) is -2.96. The summed E-state index contributed by atoms with van der Waals surface area (Å²) in [5.41, 5.74) is 2.13. The molecule has 1 unspecified atom stereocenters. The van der Waals surface area contributed by atoms with E-state index in [2.05, 4.69) is 5.10 Å². The molecule has 1 aromatic heterocycles. The summed E-state index contributed by atoms with van der Waals surface area (Å²) >= 11 is 0. The molecule has 4 aromatic rings. The minimum atomic E-state index is -4.36. The summed E-state index contributed by atoms with van der Waals surface area (Å²) in [5, 5.41) is 4.86. The molecule has 142 valence electrons. The number of hydrogen-bond donors (Lipinski definition) is 0. The highest BCUT2D eigenvalue weighted by atomic mass is 19.4. The van der Waals surface area contributed by atoms with E-state index in [-0.39, 0.29) is 17.8 Å². The van der Waals surface area contributed by atoms with Crippen molar-refractivity contribution < 1.29 is 17.6 Å². The van der Waals surface area contributed by atoms with E-state index in [1.807, 2.05) is 0 Å². The fraction of sp³-hybridized carbons (Fsp3) is 0.136. The highest BCUT2D eigenvalue weighted by Gasteiger charge is 2.40. The number of benzene rings is 3. The number of nitrogens with zero attached hydrogens (tertiary/aromatic N) is 2. The standard InChI is InChI=1S/C22H16F4N2/c23-18-7-9-19(10-8-18)28-21-11-6-16(13-17(21)14-27-28)20(22(24,25)26)12-15-4-2-1-3-5-15/h1-11,13-14,20H,12H2. The van der Waals surface area contributed by atoms with Gasteiger partial charge < -0.3 is 0 Å². The fourth-order valence-corrected chi connectivity index (χ4v) is 3.33. The zero-order chi connectivity index (χ0) is 19.7. The first-order valence-electron chi connectivity index (χ1n) is 8.76. The van der Waals surface area contributed by atoms with Crippen LogP contribution in [0.1, 0.15) is 17.0 Å². The van der Waals surface area contributed by atoms with Crippen LogP contribution >= 0.6 is 0 Å². The van der Waals surface area contributed by atoms with E-state index in [0.29, 0.717) is 22.2 Å². The average molecular weight is 384 g/mol. The molecule has 3 aromatic carbocycles. The van der Waals surface area contributed by atoms with Crippen LogP contribution in [0.3, 0.4) is 0 Å². The van der Waals surface area contributed by atoms with Crippen LogP contribution in [0, 0.1) is 5.82 Å². The predicted octanol–water partition coefficient (Wildman–Crippen LogP) is 6.05. The third-order valence-corrected chi connectivity index (χ3v) is 4.74. The van der Waals surface area contributed by atoms with Gasteiger partial charge in [0, 0.05) is 5.39 Å². The van der Waals surface area contributed by atoms with E-state index >= 15 is 0 Å². The lowest BCUT2D eigenvalue weighted by molar-refractivity contribution is -0.150. The number of fused-ring (bicyclic) bond motifs is 1. The van der Waals surface area contributed by atoms with Gasteiger partial charge in [-0.25, -0.2) is 9.07 Å². The normalized spacial score (nSPS) is 13.0. The molecule has 4 rings (SSSR count). The van der Waals surface area contributed by atoms with E-state index in [0.717, 1.165) is 0 Å². The van der Waals surface area contributed by atoms with Crippen LogP contribution in [0.5, 0.6) is 0 Å². The Bertz CT molecular complexity index is 1080. The Morgan fingerprint density at radius 2 is 1.61 bits per heavy atom. The minimum absolute atomic E-state index is 0.123. The third-order valence-electron chi connectivity index (χ3n) is 4.74. The lowest BCUT2D eigenvalue weighted by atomic mass is 9.91. The molecule has 2 nitrogen and oxygen atoms in total. The zero-order valence-corrected chi connectivity index (χ0v) is 14.7. The van der Waals surface area contributed by atoms with E-state index in [1.54, 1.807) is 53.2 Å². The third kappa shape index (κ3) is 3.63. The summed E-state index contributed by atoms with van der Waals surface area (Å²) in [6.45, 7) is 0. The van der Waals surface area contributed by atoms with Crippen LogP contribution in [-0.2, 0) is 6.42 Å². The van der Waals surface area contributed by atoms with Crippen molar-refractivity contribution in [2.45, 2.75) is 18.5 Å². The molecular formula is C22H16F4N2. The van der Waals surface area contributed by atoms with Gasteiger partial charge in [-0.1, -0.05) is 36.4 Å². The second-order valence-electron chi connectivity index (χ2n) is 6.63. The van der Waals surface area contributed by atoms with Crippen molar-refractivity contribution in [3.63, 3.8) is 0 Å². The van der Waals surface area contributed by atoms with Crippen molar-refractivity contribution in [3.8, 4) is 5.69 Å². The Morgan fingerprint density at radius 3 is 2.29 bits per heavy atom. The smallest absolute Gasteiger partial charge is 0.233 e. The first-order valence-corrected chi connectivity index (χ1v) is 8.76. The molecule has 6 heteroatoms. The van der Waals surface area contributed by atoms with Crippen LogP contribution in [0.2, 0.25) is 0 Å². The van der Waals surface area contributed by atoms with E-state index in [1.165, 1.54) is 30.5 Å². The number of halogens is 4. The first kappa shape index (κ1) is 18.2. The van der Waals surface area contributed by atoms with Gasteiger partial charge in [-0.15, -0.1) is 0 Å². The highest BCUT2D eigenvalue weighted by molar-refractivity contribution is 5.81. The Kier molecular flexibility index (Phi) is 4.63. The van der Waals surface area contributed by atoms with Crippen LogP contribution in [-0.4, -0.2) is 16.0 Å². The Hall–Kier alpha value is -3.15. The Labute approximate surface area is 159 Å². The molecule has 1 heterocycles. The molecule has 1 atom stereocenters. The SMILES string of the molecule is Fc1ccc(-n2ncc3cc(C(Cc4ccccc4)C(F)(F)F)ccc32)cc1. The molecule has 0 N–H and O–H groups in total. The van der Waals surface area contributed by atoms with Crippen LogP contribution in [0.4, 0.5) is 17.6 Å². The van der Waals surface area contributed by atoms with Gasteiger partial charge in [-0.2, -0.15) is 18.3 Å². The number of aromatic nitrogens is 2. The summed E-state index contributed by atoms with van der Waals surface area (Å²) in [7, 11) is 0. The molecular weight excluding hydrogens is 368 g/mol. The van der Waals surface area contributed by atoms with Gasteiger partial charge in [0.05, 0.1) is 23.3 Å². The number of hydrogen-bond acceptors (Lipinski definition) is 1. The summed E-state index contributed by atoms with van der Waals surface area (Å²) in [5.74, 6) is -1.97. The van der Waals surface area contributed by atoms with Gasteiger partial charge >= 0.3 is 6.18 Å². The molecule has 28 heavy (non-hydrogen) atoms. The Morgan fingerprint density at radius 1 is 0.893 bits per heavy atom. The molecule has 0 aliphatic carbocycles. The molecule has 0 saturated heterocycles. The van der Waals surface area contributed by atoms with Gasteiger partial charge in [-0.05, 0) is 53.9 Å².